The minimum Gasteiger partial charge on any atom is -0.507 e. The minimum atomic E-state index is -3.47. The van der Waals surface area contributed by atoms with Crippen molar-refractivity contribution in [2.45, 2.75) is 11.8 Å². The molecule has 2 N–H and O–H groups in total. The summed E-state index contributed by atoms with van der Waals surface area (Å²) in [4.78, 5) is 11.1. The number of rotatable bonds is 6. The van der Waals surface area contributed by atoms with Gasteiger partial charge in [0.1, 0.15) is 23.7 Å². The van der Waals surface area contributed by atoms with E-state index in [9.17, 15) is 18.3 Å². The maximum Gasteiger partial charge on any atom is 0.339 e. The van der Waals surface area contributed by atoms with Gasteiger partial charge in [-0.3, -0.25) is 0 Å². The summed E-state index contributed by atoms with van der Waals surface area (Å²) in [6.45, 7) is 1.74. The number of phenols is 1. The summed E-state index contributed by atoms with van der Waals surface area (Å²) in [5.74, 6) is -1.73. The van der Waals surface area contributed by atoms with Gasteiger partial charge in [0.25, 0.3) is 0 Å². The number of carbonyl (C=O) groups is 1. The molecule has 2 rings (SSSR count). The molecule has 0 bridgehead atoms. The van der Waals surface area contributed by atoms with Gasteiger partial charge in [-0.1, -0.05) is 17.7 Å². The van der Waals surface area contributed by atoms with Crippen molar-refractivity contribution in [1.29, 1.82) is 0 Å². The summed E-state index contributed by atoms with van der Waals surface area (Å²) in [6, 6.07) is 10.2. The monoisotopic (exact) mass is 336 g/mol. The largest absolute Gasteiger partial charge is 0.507 e. The van der Waals surface area contributed by atoms with E-state index in [-0.39, 0.29) is 34.3 Å². The van der Waals surface area contributed by atoms with E-state index >= 15 is 0 Å². The van der Waals surface area contributed by atoms with Crippen molar-refractivity contribution in [2.24, 2.45) is 0 Å². The van der Waals surface area contributed by atoms with E-state index in [2.05, 4.69) is 0 Å². The molecule has 0 aromatic heterocycles. The van der Waals surface area contributed by atoms with Crippen LogP contribution in [0.2, 0.25) is 0 Å². The van der Waals surface area contributed by atoms with Crippen molar-refractivity contribution in [1.82, 2.24) is 0 Å². The third kappa shape index (κ3) is 4.23. The molecule has 7 heteroatoms. The van der Waals surface area contributed by atoms with Gasteiger partial charge in [0.2, 0.25) is 0 Å². The van der Waals surface area contributed by atoms with Crippen LogP contribution in [0.15, 0.2) is 47.4 Å². The van der Waals surface area contributed by atoms with E-state index in [1.165, 1.54) is 24.3 Å². The van der Waals surface area contributed by atoms with Crippen LogP contribution in [-0.4, -0.2) is 37.0 Å². The third-order valence-corrected chi connectivity index (χ3v) is 4.89. The fraction of sp³-hybridized carbons (Fsp3) is 0.188. The Morgan fingerprint density at radius 2 is 1.78 bits per heavy atom. The SMILES string of the molecule is Cc1ccc(S(=O)(=O)CCOc2ccc(O)c(C(=O)O)c2)cc1. The molecule has 0 saturated heterocycles. The molecule has 2 aromatic rings. The second kappa shape index (κ2) is 6.70. The lowest BCUT2D eigenvalue weighted by molar-refractivity contribution is 0.0693. The summed E-state index contributed by atoms with van der Waals surface area (Å²) in [7, 11) is -3.47. The maximum atomic E-state index is 12.1. The van der Waals surface area contributed by atoms with Crippen LogP contribution in [0.1, 0.15) is 15.9 Å². The fourth-order valence-electron chi connectivity index (χ4n) is 1.91. The maximum absolute atomic E-state index is 12.1. The molecular weight excluding hydrogens is 320 g/mol. The normalized spacial score (nSPS) is 11.2. The first-order valence-electron chi connectivity index (χ1n) is 6.78. The zero-order chi connectivity index (χ0) is 17.0. The molecule has 0 aliphatic carbocycles. The van der Waals surface area contributed by atoms with Gasteiger partial charge in [-0.05, 0) is 37.3 Å². The molecule has 0 aliphatic rings. The van der Waals surface area contributed by atoms with Crippen LogP contribution in [-0.2, 0) is 9.84 Å². The van der Waals surface area contributed by atoms with Crippen molar-refractivity contribution in [3.8, 4) is 11.5 Å². The first-order chi connectivity index (χ1) is 10.8. The minimum absolute atomic E-state index is 0.125. The number of ether oxygens (including phenoxy) is 1. The molecule has 6 nitrogen and oxygen atoms in total. The summed E-state index contributed by atoms with van der Waals surface area (Å²) in [6.07, 6.45) is 0. The second-order valence-corrected chi connectivity index (χ2v) is 7.07. The van der Waals surface area contributed by atoms with E-state index in [1.54, 1.807) is 12.1 Å². The van der Waals surface area contributed by atoms with Crippen molar-refractivity contribution in [3.63, 3.8) is 0 Å². The van der Waals surface area contributed by atoms with Crippen LogP contribution in [0.4, 0.5) is 0 Å². The van der Waals surface area contributed by atoms with Gasteiger partial charge in [-0.15, -0.1) is 0 Å². The Hall–Kier alpha value is -2.54. The number of aromatic hydroxyl groups is 1. The molecule has 0 spiro atoms. The van der Waals surface area contributed by atoms with Gasteiger partial charge in [0.05, 0.1) is 10.6 Å². The van der Waals surface area contributed by atoms with Crippen molar-refractivity contribution in [2.75, 3.05) is 12.4 Å². The number of aromatic carboxylic acids is 1. The number of aryl methyl sites for hydroxylation is 1. The average molecular weight is 336 g/mol. The zero-order valence-electron chi connectivity index (χ0n) is 12.4. The van der Waals surface area contributed by atoms with Crippen LogP contribution in [0.25, 0.3) is 0 Å². The Morgan fingerprint density at radius 1 is 1.13 bits per heavy atom. The molecule has 2 aromatic carbocycles. The van der Waals surface area contributed by atoms with Crippen molar-refractivity contribution < 1.29 is 28.2 Å². The predicted octanol–water partition coefficient (Wildman–Crippen LogP) is 2.25. The topological polar surface area (TPSA) is 101 Å². The number of hydrogen-bond donors (Lipinski definition) is 2. The molecule has 0 radical (unpaired) electrons. The molecule has 0 amide bonds. The summed E-state index contributed by atoms with van der Waals surface area (Å²) in [5, 5.41) is 18.3. The van der Waals surface area contributed by atoms with E-state index in [0.29, 0.717) is 0 Å². The predicted molar refractivity (Wildman–Crippen MR) is 83.8 cm³/mol. The van der Waals surface area contributed by atoms with Crippen LogP contribution < -0.4 is 4.74 Å². The number of sulfone groups is 1. The smallest absolute Gasteiger partial charge is 0.339 e. The number of hydrogen-bond acceptors (Lipinski definition) is 5. The lowest BCUT2D eigenvalue weighted by atomic mass is 10.2. The van der Waals surface area contributed by atoms with Crippen molar-refractivity contribution >= 4 is 15.8 Å². The molecule has 0 atom stereocenters. The molecular formula is C16H16O6S. The summed E-state index contributed by atoms with van der Waals surface area (Å²) in [5.41, 5.74) is 0.661. The molecule has 0 aliphatic heterocycles. The summed E-state index contributed by atoms with van der Waals surface area (Å²) >= 11 is 0. The highest BCUT2D eigenvalue weighted by Crippen LogP contribution is 2.23. The van der Waals surface area contributed by atoms with Crippen LogP contribution in [0.5, 0.6) is 11.5 Å². The van der Waals surface area contributed by atoms with Gasteiger partial charge in [0, 0.05) is 0 Å². The highest BCUT2D eigenvalue weighted by molar-refractivity contribution is 7.91. The van der Waals surface area contributed by atoms with Gasteiger partial charge in [0.15, 0.2) is 9.84 Å². The average Bonchev–Trinajstić information content (AvgIpc) is 2.49. The van der Waals surface area contributed by atoms with E-state index in [4.69, 9.17) is 9.84 Å². The van der Waals surface area contributed by atoms with Gasteiger partial charge < -0.3 is 14.9 Å². The lowest BCUT2D eigenvalue weighted by Crippen LogP contribution is -2.14. The molecule has 23 heavy (non-hydrogen) atoms. The number of carboxylic acid groups (broad SMARTS) is 1. The Bertz CT molecular complexity index is 809. The molecule has 0 saturated carbocycles. The van der Waals surface area contributed by atoms with Crippen LogP contribution in [0, 0.1) is 6.92 Å². The highest BCUT2D eigenvalue weighted by Gasteiger charge is 2.15. The standard InChI is InChI=1S/C16H16O6S/c1-11-2-5-13(6-3-11)23(20,21)9-8-22-12-4-7-15(17)14(10-12)16(18)19/h2-7,10,17H,8-9H2,1H3,(H,18,19). The van der Waals surface area contributed by atoms with Gasteiger partial charge >= 0.3 is 5.97 Å². The summed E-state index contributed by atoms with van der Waals surface area (Å²) < 4.78 is 29.6. The second-order valence-electron chi connectivity index (χ2n) is 4.96. The molecule has 0 unspecified atom stereocenters. The third-order valence-electron chi connectivity index (χ3n) is 3.20. The first-order valence-corrected chi connectivity index (χ1v) is 8.43. The first kappa shape index (κ1) is 16.8. The Balaban J connectivity index is 2.03. The molecule has 0 heterocycles. The number of carboxylic acids is 1. The molecule has 0 fully saturated rings. The quantitative estimate of drug-likeness (QED) is 0.839. The Labute approximate surface area is 133 Å². The Kier molecular flexibility index (Phi) is 4.90. The fourth-order valence-corrected chi connectivity index (χ4v) is 3.00. The highest BCUT2D eigenvalue weighted by atomic mass is 32.2. The van der Waals surface area contributed by atoms with Crippen LogP contribution >= 0.6 is 0 Å². The lowest BCUT2D eigenvalue weighted by Gasteiger charge is -2.09. The van der Waals surface area contributed by atoms with E-state index < -0.39 is 15.8 Å². The van der Waals surface area contributed by atoms with Crippen LogP contribution in [0.3, 0.4) is 0 Å². The van der Waals surface area contributed by atoms with E-state index in [0.717, 1.165) is 11.6 Å². The van der Waals surface area contributed by atoms with Crippen molar-refractivity contribution in [3.05, 3.63) is 53.6 Å². The Morgan fingerprint density at radius 3 is 2.39 bits per heavy atom. The molecule has 122 valence electrons. The van der Waals surface area contributed by atoms with Gasteiger partial charge in [-0.25, -0.2) is 13.2 Å². The van der Waals surface area contributed by atoms with E-state index in [1.807, 2.05) is 6.92 Å². The number of benzene rings is 2. The van der Waals surface area contributed by atoms with Gasteiger partial charge in [-0.2, -0.15) is 0 Å². The zero-order valence-corrected chi connectivity index (χ0v) is 13.2.